The van der Waals surface area contributed by atoms with Crippen LogP contribution in [0.1, 0.15) is 40.4 Å². The normalized spacial score (nSPS) is 12.7. The molecule has 0 saturated carbocycles. The summed E-state index contributed by atoms with van der Waals surface area (Å²) in [5, 5.41) is 3.54. The SMILES string of the molecule is Cc1cc(C)c(C(C)NCc2ccc(Cl)s2)c(C)n1. The molecule has 0 saturated heterocycles. The summed E-state index contributed by atoms with van der Waals surface area (Å²) < 4.78 is 0.841. The molecule has 0 aliphatic carbocycles. The van der Waals surface area contributed by atoms with Crippen molar-refractivity contribution in [2.75, 3.05) is 0 Å². The molecule has 0 spiro atoms. The molecule has 0 aliphatic heterocycles. The maximum Gasteiger partial charge on any atom is 0.0931 e. The van der Waals surface area contributed by atoms with Crippen LogP contribution < -0.4 is 5.32 Å². The highest BCUT2D eigenvalue weighted by Gasteiger charge is 2.13. The first kappa shape index (κ1) is 14.5. The third-order valence-corrected chi connectivity index (χ3v) is 4.46. The zero-order valence-corrected chi connectivity index (χ0v) is 13.3. The van der Waals surface area contributed by atoms with Crippen molar-refractivity contribution in [3.05, 3.63) is 49.9 Å². The van der Waals surface area contributed by atoms with Crippen molar-refractivity contribution in [3.8, 4) is 0 Å². The van der Waals surface area contributed by atoms with Gasteiger partial charge in [0.15, 0.2) is 0 Å². The van der Waals surface area contributed by atoms with Gasteiger partial charge in [-0.1, -0.05) is 11.6 Å². The summed E-state index contributed by atoms with van der Waals surface area (Å²) in [5.74, 6) is 0. The molecule has 2 aromatic rings. The van der Waals surface area contributed by atoms with Crippen molar-refractivity contribution in [2.24, 2.45) is 0 Å². The molecule has 0 fully saturated rings. The van der Waals surface area contributed by atoms with E-state index in [0.717, 1.165) is 22.3 Å². The number of thiophene rings is 1. The fourth-order valence-electron chi connectivity index (χ4n) is 2.49. The van der Waals surface area contributed by atoms with Gasteiger partial charge in [0.25, 0.3) is 0 Å². The van der Waals surface area contributed by atoms with Crippen LogP contribution in [0, 0.1) is 20.8 Å². The van der Waals surface area contributed by atoms with Crippen LogP contribution in [0.5, 0.6) is 0 Å². The summed E-state index contributed by atoms with van der Waals surface area (Å²) in [6, 6.07) is 6.44. The van der Waals surface area contributed by atoms with E-state index in [1.165, 1.54) is 16.0 Å². The standard InChI is InChI=1S/C15H19ClN2S/c1-9-7-10(2)18-12(4)15(9)11(3)17-8-13-5-6-14(16)19-13/h5-7,11,17H,8H2,1-4H3. The summed E-state index contributed by atoms with van der Waals surface area (Å²) in [7, 11) is 0. The van der Waals surface area contributed by atoms with Crippen LogP contribution in [-0.4, -0.2) is 4.98 Å². The Morgan fingerprint density at radius 2 is 2.05 bits per heavy atom. The summed E-state index contributed by atoms with van der Waals surface area (Å²) >= 11 is 7.56. The van der Waals surface area contributed by atoms with E-state index in [4.69, 9.17) is 11.6 Å². The minimum atomic E-state index is 0.286. The molecule has 0 amide bonds. The number of nitrogens with zero attached hydrogens (tertiary/aromatic N) is 1. The summed E-state index contributed by atoms with van der Waals surface area (Å²) in [6.07, 6.45) is 0. The van der Waals surface area contributed by atoms with Crippen LogP contribution in [0.15, 0.2) is 18.2 Å². The lowest BCUT2D eigenvalue weighted by Gasteiger charge is -2.18. The summed E-state index contributed by atoms with van der Waals surface area (Å²) in [6.45, 7) is 9.29. The number of pyridine rings is 1. The lowest BCUT2D eigenvalue weighted by molar-refractivity contribution is 0.570. The van der Waals surface area contributed by atoms with E-state index in [2.05, 4.69) is 43.2 Å². The molecular formula is C15H19ClN2S. The van der Waals surface area contributed by atoms with Crippen LogP contribution in [0.3, 0.4) is 0 Å². The molecule has 0 radical (unpaired) electrons. The minimum Gasteiger partial charge on any atom is -0.305 e. The predicted molar refractivity (Wildman–Crippen MR) is 83.0 cm³/mol. The average molecular weight is 295 g/mol. The molecule has 0 aliphatic rings. The Hall–Kier alpha value is -0.900. The number of hydrogen-bond donors (Lipinski definition) is 1. The topological polar surface area (TPSA) is 24.9 Å². The first-order chi connectivity index (χ1) is 8.97. The van der Waals surface area contributed by atoms with E-state index >= 15 is 0 Å². The molecule has 1 atom stereocenters. The first-order valence-corrected chi connectivity index (χ1v) is 7.59. The summed E-state index contributed by atoms with van der Waals surface area (Å²) in [4.78, 5) is 5.81. The minimum absolute atomic E-state index is 0.286. The number of rotatable bonds is 4. The molecule has 1 N–H and O–H groups in total. The fourth-order valence-corrected chi connectivity index (χ4v) is 3.53. The van der Waals surface area contributed by atoms with E-state index in [0.29, 0.717) is 0 Å². The molecule has 2 rings (SSSR count). The number of aryl methyl sites for hydroxylation is 3. The maximum absolute atomic E-state index is 5.94. The fraction of sp³-hybridized carbons (Fsp3) is 0.400. The quantitative estimate of drug-likeness (QED) is 0.893. The van der Waals surface area contributed by atoms with Gasteiger partial charge in [-0.25, -0.2) is 0 Å². The lowest BCUT2D eigenvalue weighted by Crippen LogP contribution is -2.20. The Morgan fingerprint density at radius 3 is 2.63 bits per heavy atom. The molecule has 4 heteroatoms. The van der Waals surface area contributed by atoms with Gasteiger partial charge >= 0.3 is 0 Å². The Kier molecular flexibility index (Phi) is 4.61. The van der Waals surface area contributed by atoms with Crippen molar-refractivity contribution in [3.63, 3.8) is 0 Å². The zero-order valence-electron chi connectivity index (χ0n) is 11.7. The molecule has 2 nitrogen and oxygen atoms in total. The van der Waals surface area contributed by atoms with Gasteiger partial charge in [-0.15, -0.1) is 11.3 Å². The van der Waals surface area contributed by atoms with E-state index in [1.54, 1.807) is 11.3 Å². The highest BCUT2D eigenvalue weighted by molar-refractivity contribution is 7.16. The molecule has 0 aromatic carbocycles. The highest BCUT2D eigenvalue weighted by Crippen LogP contribution is 2.24. The molecule has 1 unspecified atom stereocenters. The monoisotopic (exact) mass is 294 g/mol. The smallest absolute Gasteiger partial charge is 0.0931 e. The van der Waals surface area contributed by atoms with Crippen molar-refractivity contribution in [1.29, 1.82) is 0 Å². The Balaban J connectivity index is 2.10. The third kappa shape index (κ3) is 3.56. The number of aromatic nitrogens is 1. The van der Waals surface area contributed by atoms with Crippen LogP contribution in [0.4, 0.5) is 0 Å². The lowest BCUT2D eigenvalue weighted by atomic mass is 10.0. The van der Waals surface area contributed by atoms with Gasteiger partial charge in [-0.05, 0) is 57.0 Å². The second-order valence-corrected chi connectivity index (χ2v) is 6.69. The maximum atomic E-state index is 5.94. The second-order valence-electron chi connectivity index (χ2n) is 4.89. The average Bonchev–Trinajstić information content (AvgIpc) is 2.71. The van der Waals surface area contributed by atoms with Crippen LogP contribution in [0.25, 0.3) is 0 Å². The van der Waals surface area contributed by atoms with Gasteiger partial charge in [-0.3, -0.25) is 4.98 Å². The van der Waals surface area contributed by atoms with Crippen molar-refractivity contribution < 1.29 is 0 Å². The Morgan fingerprint density at radius 1 is 1.32 bits per heavy atom. The van der Waals surface area contributed by atoms with Gasteiger partial charge < -0.3 is 5.32 Å². The number of hydrogen-bond acceptors (Lipinski definition) is 3. The molecule has 19 heavy (non-hydrogen) atoms. The number of nitrogens with one attached hydrogen (secondary N) is 1. The van der Waals surface area contributed by atoms with Crippen LogP contribution >= 0.6 is 22.9 Å². The molecule has 2 heterocycles. The van der Waals surface area contributed by atoms with Gasteiger partial charge in [0, 0.05) is 28.9 Å². The third-order valence-electron chi connectivity index (χ3n) is 3.23. The molecule has 2 aromatic heterocycles. The van der Waals surface area contributed by atoms with Gasteiger partial charge in [-0.2, -0.15) is 0 Å². The van der Waals surface area contributed by atoms with Crippen molar-refractivity contribution in [2.45, 2.75) is 40.3 Å². The van der Waals surface area contributed by atoms with Gasteiger partial charge in [0.2, 0.25) is 0 Å². The van der Waals surface area contributed by atoms with Crippen LogP contribution in [0.2, 0.25) is 4.34 Å². The zero-order chi connectivity index (χ0) is 14.0. The number of halogens is 1. The largest absolute Gasteiger partial charge is 0.305 e. The molecular weight excluding hydrogens is 276 g/mol. The van der Waals surface area contributed by atoms with Crippen molar-refractivity contribution >= 4 is 22.9 Å². The molecule has 0 bridgehead atoms. The van der Waals surface area contributed by atoms with E-state index in [1.807, 2.05) is 13.0 Å². The van der Waals surface area contributed by atoms with E-state index < -0.39 is 0 Å². The van der Waals surface area contributed by atoms with Gasteiger partial charge in [0.1, 0.15) is 0 Å². The first-order valence-electron chi connectivity index (χ1n) is 6.39. The van der Waals surface area contributed by atoms with Crippen molar-refractivity contribution in [1.82, 2.24) is 10.3 Å². The van der Waals surface area contributed by atoms with E-state index in [-0.39, 0.29) is 6.04 Å². The predicted octanol–water partition coefficient (Wildman–Crippen LogP) is 4.57. The van der Waals surface area contributed by atoms with Gasteiger partial charge in [0.05, 0.1) is 4.34 Å². The second kappa shape index (κ2) is 6.04. The Bertz CT molecular complexity index is 554. The molecule has 102 valence electrons. The summed E-state index contributed by atoms with van der Waals surface area (Å²) in [5.41, 5.74) is 4.79. The Labute approximate surface area is 123 Å². The highest BCUT2D eigenvalue weighted by atomic mass is 35.5. The van der Waals surface area contributed by atoms with E-state index in [9.17, 15) is 0 Å². The van der Waals surface area contributed by atoms with Crippen LogP contribution in [-0.2, 0) is 6.54 Å².